The quantitative estimate of drug-likeness (QED) is 0.873. The van der Waals surface area contributed by atoms with Crippen molar-refractivity contribution in [3.8, 4) is 0 Å². The third kappa shape index (κ3) is 4.56. The lowest BCUT2D eigenvalue weighted by atomic mass is 10.0. The molecule has 5 nitrogen and oxygen atoms in total. The Morgan fingerprint density at radius 1 is 1.29 bits per heavy atom. The number of hydrogen-bond acceptors (Lipinski definition) is 3. The molecular weight excluding hydrogens is 266 g/mol. The third-order valence-electron chi connectivity index (χ3n) is 3.68. The highest BCUT2D eigenvalue weighted by Crippen LogP contribution is 2.14. The van der Waals surface area contributed by atoms with E-state index in [2.05, 4.69) is 5.32 Å². The zero-order chi connectivity index (χ0) is 15.2. The molecule has 21 heavy (non-hydrogen) atoms. The summed E-state index contributed by atoms with van der Waals surface area (Å²) < 4.78 is 0. The van der Waals surface area contributed by atoms with Gasteiger partial charge in [-0.15, -0.1) is 0 Å². The molecule has 1 saturated heterocycles. The van der Waals surface area contributed by atoms with E-state index in [1.54, 1.807) is 0 Å². The zero-order valence-electron chi connectivity index (χ0n) is 12.4. The molecule has 1 aliphatic heterocycles. The standard InChI is InChI=1S/C16H23N3O2/c1-12(17)11-15(20)18-14-7-9-19(10-8-14)16(21)13-5-3-2-4-6-13/h2-6,12,14H,7-11,17H2,1H3,(H,18,20). The number of nitrogens with zero attached hydrogens (tertiary/aromatic N) is 1. The molecule has 0 aromatic heterocycles. The molecule has 0 aliphatic carbocycles. The lowest BCUT2D eigenvalue weighted by Crippen LogP contribution is -2.47. The summed E-state index contributed by atoms with van der Waals surface area (Å²) in [6.45, 7) is 3.18. The summed E-state index contributed by atoms with van der Waals surface area (Å²) in [5.74, 6) is 0.0637. The van der Waals surface area contributed by atoms with Crippen molar-refractivity contribution >= 4 is 11.8 Å². The summed E-state index contributed by atoms with van der Waals surface area (Å²) in [5, 5.41) is 2.99. The molecule has 1 unspecified atom stereocenters. The van der Waals surface area contributed by atoms with E-state index < -0.39 is 0 Å². The minimum absolute atomic E-state index is 0.00200. The van der Waals surface area contributed by atoms with Crippen molar-refractivity contribution in [1.82, 2.24) is 10.2 Å². The van der Waals surface area contributed by atoms with Crippen molar-refractivity contribution in [1.29, 1.82) is 0 Å². The van der Waals surface area contributed by atoms with Crippen LogP contribution in [0.2, 0.25) is 0 Å². The van der Waals surface area contributed by atoms with Gasteiger partial charge in [0, 0.05) is 37.2 Å². The first kappa shape index (κ1) is 15.5. The van der Waals surface area contributed by atoms with Crippen LogP contribution in [0.4, 0.5) is 0 Å². The van der Waals surface area contributed by atoms with Crippen molar-refractivity contribution < 1.29 is 9.59 Å². The molecule has 1 atom stereocenters. The molecule has 2 amide bonds. The predicted molar refractivity (Wildman–Crippen MR) is 81.8 cm³/mol. The fraction of sp³-hybridized carbons (Fsp3) is 0.500. The Morgan fingerprint density at radius 3 is 2.48 bits per heavy atom. The van der Waals surface area contributed by atoms with Gasteiger partial charge in [-0.2, -0.15) is 0 Å². The average Bonchev–Trinajstić information content (AvgIpc) is 2.47. The maximum atomic E-state index is 12.3. The molecule has 0 radical (unpaired) electrons. The monoisotopic (exact) mass is 289 g/mol. The molecule has 2 rings (SSSR count). The zero-order valence-corrected chi connectivity index (χ0v) is 12.4. The van der Waals surface area contributed by atoms with E-state index in [-0.39, 0.29) is 23.9 Å². The third-order valence-corrected chi connectivity index (χ3v) is 3.68. The largest absolute Gasteiger partial charge is 0.353 e. The molecular formula is C16H23N3O2. The van der Waals surface area contributed by atoms with E-state index >= 15 is 0 Å². The van der Waals surface area contributed by atoms with Crippen molar-refractivity contribution in [3.05, 3.63) is 35.9 Å². The number of benzene rings is 1. The molecule has 3 N–H and O–H groups in total. The van der Waals surface area contributed by atoms with Gasteiger partial charge in [-0.3, -0.25) is 9.59 Å². The number of rotatable bonds is 4. The van der Waals surface area contributed by atoms with Crippen LogP contribution in [0.25, 0.3) is 0 Å². The maximum Gasteiger partial charge on any atom is 0.253 e. The van der Waals surface area contributed by atoms with Crippen LogP contribution in [-0.4, -0.2) is 41.9 Å². The minimum Gasteiger partial charge on any atom is -0.353 e. The highest BCUT2D eigenvalue weighted by atomic mass is 16.2. The topological polar surface area (TPSA) is 75.4 Å². The van der Waals surface area contributed by atoms with Crippen LogP contribution in [0, 0.1) is 0 Å². The van der Waals surface area contributed by atoms with E-state index in [0.29, 0.717) is 19.5 Å². The van der Waals surface area contributed by atoms with E-state index in [1.807, 2.05) is 42.2 Å². The van der Waals surface area contributed by atoms with E-state index in [0.717, 1.165) is 18.4 Å². The van der Waals surface area contributed by atoms with Crippen molar-refractivity contribution in [3.63, 3.8) is 0 Å². The number of nitrogens with two attached hydrogens (primary N) is 1. The molecule has 0 spiro atoms. The van der Waals surface area contributed by atoms with Crippen LogP contribution in [0.5, 0.6) is 0 Å². The van der Waals surface area contributed by atoms with Crippen LogP contribution in [-0.2, 0) is 4.79 Å². The van der Waals surface area contributed by atoms with Crippen LogP contribution < -0.4 is 11.1 Å². The lowest BCUT2D eigenvalue weighted by Gasteiger charge is -2.32. The second kappa shape index (κ2) is 7.22. The summed E-state index contributed by atoms with van der Waals surface area (Å²) >= 11 is 0. The highest BCUT2D eigenvalue weighted by Gasteiger charge is 2.24. The van der Waals surface area contributed by atoms with Crippen LogP contribution >= 0.6 is 0 Å². The number of piperidine rings is 1. The van der Waals surface area contributed by atoms with Crippen molar-refractivity contribution in [2.24, 2.45) is 5.73 Å². The fourth-order valence-corrected chi connectivity index (χ4v) is 2.57. The summed E-state index contributed by atoms with van der Waals surface area (Å²) in [6, 6.07) is 9.33. The smallest absolute Gasteiger partial charge is 0.253 e. The molecule has 5 heteroatoms. The Balaban J connectivity index is 1.81. The normalized spacial score (nSPS) is 17.3. The fourth-order valence-electron chi connectivity index (χ4n) is 2.57. The second-order valence-electron chi connectivity index (χ2n) is 5.68. The van der Waals surface area contributed by atoms with Crippen molar-refractivity contribution in [2.75, 3.05) is 13.1 Å². The molecule has 0 bridgehead atoms. The molecule has 1 heterocycles. The first-order valence-electron chi connectivity index (χ1n) is 7.45. The van der Waals surface area contributed by atoms with Crippen LogP contribution in [0.1, 0.15) is 36.5 Å². The number of likely N-dealkylation sites (tertiary alicyclic amines) is 1. The Hall–Kier alpha value is -1.88. The van der Waals surface area contributed by atoms with Gasteiger partial charge >= 0.3 is 0 Å². The van der Waals surface area contributed by atoms with Gasteiger partial charge in [-0.25, -0.2) is 0 Å². The number of carbonyl (C=O) groups excluding carboxylic acids is 2. The number of nitrogens with one attached hydrogen (secondary N) is 1. The first-order chi connectivity index (χ1) is 10.1. The summed E-state index contributed by atoms with van der Waals surface area (Å²) in [5.41, 5.74) is 6.33. The van der Waals surface area contributed by atoms with Gasteiger partial charge in [0.25, 0.3) is 5.91 Å². The SMILES string of the molecule is CC(N)CC(=O)NC1CCN(C(=O)c2ccccc2)CC1. The molecule has 114 valence electrons. The molecule has 1 aromatic rings. The average molecular weight is 289 g/mol. The van der Waals surface area contributed by atoms with Gasteiger partial charge in [0.2, 0.25) is 5.91 Å². The lowest BCUT2D eigenvalue weighted by molar-refractivity contribution is -0.122. The van der Waals surface area contributed by atoms with Crippen LogP contribution in [0.15, 0.2) is 30.3 Å². The van der Waals surface area contributed by atoms with Crippen molar-refractivity contribution in [2.45, 2.75) is 38.3 Å². The predicted octanol–water partition coefficient (Wildman–Crippen LogP) is 1.14. The molecule has 1 aliphatic rings. The summed E-state index contributed by atoms with van der Waals surface area (Å²) in [7, 11) is 0. The van der Waals surface area contributed by atoms with Gasteiger partial charge in [0.15, 0.2) is 0 Å². The van der Waals surface area contributed by atoms with Gasteiger partial charge in [0.05, 0.1) is 0 Å². The van der Waals surface area contributed by atoms with Gasteiger partial charge in [-0.1, -0.05) is 18.2 Å². The molecule has 0 saturated carbocycles. The Bertz CT molecular complexity index is 480. The van der Waals surface area contributed by atoms with E-state index in [4.69, 9.17) is 5.73 Å². The summed E-state index contributed by atoms with van der Waals surface area (Å²) in [6.07, 6.45) is 1.94. The van der Waals surface area contributed by atoms with Gasteiger partial charge in [-0.05, 0) is 31.9 Å². The number of carbonyl (C=O) groups is 2. The maximum absolute atomic E-state index is 12.3. The van der Waals surface area contributed by atoms with Gasteiger partial charge in [0.1, 0.15) is 0 Å². The minimum atomic E-state index is -0.121. The van der Waals surface area contributed by atoms with Crippen LogP contribution in [0.3, 0.4) is 0 Å². The Morgan fingerprint density at radius 2 is 1.90 bits per heavy atom. The summed E-state index contributed by atoms with van der Waals surface area (Å²) in [4.78, 5) is 25.8. The number of hydrogen-bond donors (Lipinski definition) is 2. The first-order valence-corrected chi connectivity index (χ1v) is 7.45. The van der Waals surface area contributed by atoms with E-state index in [1.165, 1.54) is 0 Å². The number of amides is 2. The Kier molecular flexibility index (Phi) is 5.33. The Labute approximate surface area is 125 Å². The van der Waals surface area contributed by atoms with Gasteiger partial charge < -0.3 is 16.0 Å². The molecule has 1 aromatic carbocycles. The molecule has 1 fully saturated rings. The van der Waals surface area contributed by atoms with E-state index in [9.17, 15) is 9.59 Å². The second-order valence-corrected chi connectivity index (χ2v) is 5.68. The highest BCUT2D eigenvalue weighted by molar-refractivity contribution is 5.94.